The third-order valence-corrected chi connectivity index (χ3v) is 4.05. The third-order valence-electron chi connectivity index (χ3n) is 3.66. The highest BCUT2D eigenvalue weighted by Gasteiger charge is 2.16. The van der Waals surface area contributed by atoms with Crippen LogP contribution in [0.3, 0.4) is 0 Å². The van der Waals surface area contributed by atoms with Crippen molar-refractivity contribution in [2.75, 3.05) is 11.9 Å². The molecule has 98 valence electrons. The van der Waals surface area contributed by atoms with Gasteiger partial charge in [0.1, 0.15) is 0 Å². The predicted octanol–water partition coefficient (Wildman–Crippen LogP) is 3.64. The molecule has 0 atom stereocenters. The molecular weight excluding hydrogens is 240 g/mol. The van der Waals surface area contributed by atoms with Gasteiger partial charge in [-0.3, -0.25) is 0 Å². The Kier molecular flexibility index (Phi) is 4.59. The molecule has 18 heavy (non-hydrogen) atoms. The Balaban J connectivity index is 1.93. The van der Waals surface area contributed by atoms with Gasteiger partial charge in [-0.15, -0.1) is 0 Å². The fourth-order valence-electron chi connectivity index (χ4n) is 2.40. The summed E-state index contributed by atoms with van der Waals surface area (Å²) < 4.78 is 0. The van der Waals surface area contributed by atoms with Crippen LogP contribution < -0.4 is 10.2 Å². The van der Waals surface area contributed by atoms with Crippen molar-refractivity contribution in [3.8, 4) is 0 Å². The highest BCUT2D eigenvalue weighted by atomic mass is 32.1. The van der Waals surface area contributed by atoms with E-state index >= 15 is 0 Å². The zero-order valence-corrected chi connectivity index (χ0v) is 12.1. The molecule has 0 radical (unpaired) electrons. The number of rotatable bonds is 2. The summed E-state index contributed by atoms with van der Waals surface area (Å²) in [5.41, 5.74) is 2.42. The Hall–Kier alpha value is -1.09. The van der Waals surface area contributed by atoms with Crippen LogP contribution in [0.2, 0.25) is 0 Å². The lowest BCUT2D eigenvalue weighted by atomic mass is 9.96. The Bertz CT molecular complexity index is 393. The maximum atomic E-state index is 5.49. The van der Waals surface area contributed by atoms with Gasteiger partial charge in [0.2, 0.25) is 0 Å². The van der Waals surface area contributed by atoms with Gasteiger partial charge in [0, 0.05) is 18.8 Å². The second-order valence-electron chi connectivity index (χ2n) is 5.18. The zero-order valence-electron chi connectivity index (χ0n) is 11.3. The van der Waals surface area contributed by atoms with Crippen LogP contribution in [0.15, 0.2) is 24.3 Å². The summed E-state index contributed by atoms with van der Waals surface area (Å²) in [6.07, 6.45) is 6.53. The fourth-order valence-corrected chi connectivity index (χ4v) is 2.68. The van der Waals surface area contributed by atoms with Gasteiger partial charge in [0.15, 0.2) is 5.11 Å². The van der Waals surface area contributed by atoms with Gasteiger partial charge in [0.25, 0.3) is 0 Å². The van der Waals surface area contributed by atoms with Crippen LogP contribution in [0.1, 0.15) is 37.7 Å². The van der Waals surface area contributed by atoms with Gasteiger partial charge in [-0.2, -0.15) is 0 Å². The van der Waals surface area contributed by atoms with E-state index in [4.69, 9.17) is 12.2 Å². The highest BCUT2D eigenvalue weighted by molar-refractivity contribution is 7.80. The highest BCUT2D eigenvalue weighted by Crippen LogP contribution is 2.19. The second kappa shape index (κ2) is 6.19. The van der Waals surface area contributed by atoms with Crippen molar-refractivity contribution in [1.29, 1.82) is 0 Å². The van der Waals surface area contributed by atoms with Crippen molar-refractivity contribution in [3.63, 3.8) is 0 Å². The molecule has 3 heteroatoms. The van der Waals surface area contributed by atoms with E-state index in [9.17, 15) is 0 Å². The Morgan fingerprint density at radius 3 is 2.39 bits per heavy atom. The Morgan fingerprint density at radius 1 is 1.17 bits per heavy atom. The molecule has 1 aliphatic rings. The van der Waals surface area contributed by atoms with E-state index in [1.165, 1.54) is 37.7 Å². The standard InChI is InChI=1S/C15H22N2S/c1-12-8-10-14(11-9-12)17(2)15(18)16-13-6-4-3-5-7-13/h8-11,13H,3-7H2,1-2H3,(H,16,18). The third kappa shape index (κ3) is 3.45. The fraction of sp³-hybridized carbons (Fsp3) is 0.533. The molecule has 0 spiro atoms. The van der Waals surface area contributed by atoms with Gasteiger partial charge in [-0.1, -0.05) is 37.0 Å². The largest absolute Gasteiger partial charge is 0.360 e. The Labute approximate surface area is 115 Å². The summed E-state index contributed by atoms with van der Waals surface area (Å²) in [6, 6.07) is 9.04. The minimum Gasteiger partial charge on any atom is -0.360 e. The van der Waals surface area contributed by atoms with E-state index < -0.39 is 0 Å². The van der Waals surface area contributed by atoms with Crippen LogP contribution in [-0.4, -0.2) is 18.2 Å². The average molecular weight is 262 g/mol. The van der Waals surface area contributed by atoms with E-state index in [-0.39, 0.29) is 0 Å². The number of nitrogens with one attached hydrogen (secondary N) is 1. The van der Waals surface area contributed by atoms with E-state index in [1.807, 2.05) is 7.05 Å². The molecule has 0 aromatic heterocycles. The molecule has 1 N–H and O–H groups in total. The van der Waals surface area contributed by atoms with Crippen molar-refractivity contribution in [2.24, 2.45) is 0 Å². The second-order valence-corrected chi connectivity index (χ2v) is 5.57. The van der Waals surface area contributed by atoms with Crippen LogP contribution in [0.4, 0.5) is 5.69 Å². The number of hydrogen-bond donors (Lipinski definition) is 1. The summed E-state index contributed by atoms with van der Waals surface area (Å²) in [5, 5.41) is 4.33. The number of thiocarbonyl (C=S) groups is 1. The van der Waals surface area contributed by atoms with Crippen LogP contribution in [0.25, 0.3) is 0 Å². The van der Waals surface area contributed by atoms with Crippen molar-refractivity contribution in [3.05, 3.63) is 29.8 Å². The van der Waals surface area contributed by atoms with E-state index in [1.54, 1.807) is 0 Å². The van der Waals surface area contributed by atoms with Gasteiger partial charge < -0.3 is 10.2 Å². The molecule has 0 amide bonds. The van der Waals surface area contributed by atoms with Crippen molar-refractivity contribution in [1.82, 2.24) is 5.32 Å². The SMILES string of the molecule is Cc1ccc(N(C)C(=S)NC2CCCCC2)cc1. The first kappa shape index (κ1) is 13.3. The van der Waals surface area contributed by atoms with Crippen LogP contribution in [0, 0.1) is 6.92 Å². The first-order valence-corrected chi connectivity index (χ1v) is 7.18. The number of hydrogen-bond acceptors (Lipinski definition) is 1. The molecule has 2 nitrogen and oxygen atoms in total. The molecule has 0 heterocycles. The first-order valence-electron chi connectivity index (χ1n) is 6.78. The maximum Gasteiger partial charge on any atom is 0.173 e. The quantitative estimate of drug-likeness (QED) is 0.819. The number of aryl methyl sites for hydroxylation is 1. The van der Waals surface area contributed by atoms with Gasteiger partial charge in [0.05, 0.1) is 0 Å². The first-order chi connectivity index (χ1) is 8.66. The topological polar surface area (TPSA) is 15.3 Å². The summed E-state index contributed by atoms with van der Waals surface area (Å²) in [7, 11) is 2.03. The lowest BCUT2D eigenvalue weighted by molar-refractivity contribution is 0.414. The van der Waals surface area contributed by atoms with Gasteiger partial charge >= 0.3 is 0 Å². The van der Waals surface area contributed by atoms with Gasteiger partial charge in [-0.05, 0) is 44.1 Å². The van der Waals surface area contributed by atoms with Crippen molar-refractivity contribution < 1.29 is 0 Å². The number of anilines is 1. The molecule has 0 saturated heterocycles. The lowest BCUT2D eigenvalue weighted by Gasteiger charge is -2.28. The Morgan fingerprint density at radius 2 is 1.78 bits per heavy atom. The molecule has 1 aromatic carbocycles. The molecule has 2 rings (SSSR count). The van der Waals surface area contributed by atoms with E-state index in [0.29, 0.717) is 6.04 Å². The molecule has 1 aromatic rings. The minimum absolute atomic E-state index is 0.569. The van der Waals surface area contributed by atoms with Crippen LogP contribution >= 0.6 is 12.2 Å². The minimum atomic E-state index is 0.569. The summed E-state index contributed by atoms with van der Waals surface area (Å²) in [5.74, 6) is 0. The molecule has 1 fully saturated rings. The molecule has 1 saturated carbocycles. The number of nitrogens with zero attached hydrogens (tertiary/aromatic N) is 1. The van der Waals surface area contributed by atoms with Gasteiger partial charge in [-0.25, -0.2) is 0 Å². The summed E-state index contributed by atoms with van der Waals surface area (Å²) in [4.78, 5) is 2.06. The molecule has 1 aliphatic carbocycles. The predicted molar refractivity (Wildman–Crippen MR) is 82.2 cm³/mol. The molecule has 0 unspecified atom stereocenters. The van der Waals surface area contributed by atoms with Crippen molar-refractivity contribution in [2.45, 2.75) is 45.1 Å². The summed E-state index contributed by atoms with van der Waals surface area (Å²) in [6.45, 7) is 2.10. The zero-order chi connectivity index (χ0) is 13.0. The molecular formula is C15H22N2S. The maximum absolute atomic E-state index is 5.49. The van der Waals surface area contributed by atoms with Crippen LogP contribution in [-0.2, 0) is 0 Å². The number of benzene rings is 1. The average Bonchev–Trinajstić information content (AvgIpc) is 2.40. The lowest BCUT2D eigenvalue weighted by Crippen LogP contribution is -2.43. The van der Waals surface area contributed by atoms with E-state index in [2.05, 4.69) is 41.4 Å². The van der Waals surface area contributed by atoms with Crippen molar-refractivity contribution >= 4 is 23.0 Å². The van der Waals surface area contributed by atoms with E-state index in [0.717, 1.165) is 10.8 Å². The summed E-state index contributed by atoms with van der Waals surface area (Å²) >= 11 is 5.49. The normalized spacial score (nSPS) is 16.3. The van der Waals surface area contributed by atoms with Crippen LogP contribution in [0.5, 0.6) is 0 Å². The smallest absolute Gasteiger partial charge is 0.173 e. The monoisotopic (exact) mass is 262 g/mol. The molecule has 0 aliphatic heterocycles. The molecule has 0 bridgehead atoms.